The molecule has 4 rings (SSSR count). The van der Waals surface area contributed by atoms with Crippen LogP contribution in [0.4, 0.5) is 5.13 Å². The van der Waals surface area contributed by atoms with Gasteiger partial charge in [0, 0.05) is 0 Å². The molecule has 0 N–H and O–H groups in total. The highest BCUT2D eigenvalue weighted by Crippen LogP contribution is 2.40. The number of hydrogen-bond donors (Lipinski definition) is 0. The molecule has 31 heavy (non-hydrogen) atoms. The third-order valence-corrected chi connectivity index (χ3v) is 6.21. The Morgan fingerprint density at radius 2 is 1.87 bits per heavy atom. The second-order valence-electron chi connectivity index (χ2n) is 6.44. The lowest BCUT2D eigenvalue weighted by atomic mass is 10.1. The molecular weight excluding hydrogens is 440 g/mol. The van der Waals surface area contributed by atoms with Gasteiger partial charge in [0.2, 0.25) is 0 Å². The molecule has 0 radical (unpaired) electrons. The molecule has 0 saturated heterocycles. The van der Waals surface area contributed by atoms with Crippen molar-refractivity contribution in [2.24, 2.45) is 0 Å². The molecule has 0 bridgehead atoms. The van der Waals surface area contributed by atoms with Crippen molar-refractivity contribution >= 4 is 44.2 Å². The van der Waals surface area contributed by atoms with Crippen LogP contribution in [0.2, 0.25) is 5.02 Å². The minimum Gasteiger partial charge on any atom is -0.494 e. The summed E-state index contributed by atoms with van der Waals surface area (Å²) in [5.41, 5.74) is 0.926. The molecule has 7 nitrogen and oxygen atoms in total. The standard InChI is InChI=1S/C22H19ClN2O5S/c1-27-16-10-9-15(23)20-18(16)24-22(31-20)25(12-13-6-5-11-30-13)21(26)14-7-4-8-17(28-2)19(14)29-3/h4-11H,12H2,1-3H3. The van der Waals surface area contributed by atoms with Crippen molar-refractivity contribution in [2.75, 3.05) is 26.2 Å². The summed E-state index contributed by atoms with van der Waals surface area (Å²) in [6, 6.07) is 12.2. The fourth-order valence-electron chi connectivity index (χ4n) is 3.21. The van der Waals surface area contributed by atoms with Gasteiger partial charge in [-0.15, -0.1) is 0 Å². The zero-order valence-corrected chi connectivity index (χ0v) is 18.6. The van der Waals surface area contributed by atoms with Gasteiger partial charge in [0.25, 0.3) is 5.91 Å². The van der Waals surface area contributed by atoms with Gasteiger partial charge in [0.1, 0.15) is 17.0 Å². The van der Waals surface area contributed by atoms with Crippen molar-refractivity contribution in [2.45, 2.75) is 6.54 Å². The van der Waals surface area contributed by atoms with Gasteiger partial charge in [0.05, 0.1) is 49.4 Å². The van der Waals surface area contributed by atoms with Gasteiger partial charge in [-0.1, -0.05) is 29.0 Å². The summed E-state index contributed by atoms with van der Waals surface area (Å²) in [5, 5.41) is 0.983. The lowest BCUT2D eigenvalue weighted by Crippen LogP contribution is -2.30. The number of rotatable bonds is 7. The number of furan rings is 1. The highest BCUT2D eigenvalue weighted by Gasteiger charge is 2.27. The van der Waals surface area contributed by atoms with E-state index >= 15 is 0 Å². The van der Waals surface area contributed by atoms with Crippen molar-refractivity contribution in [1.29, 1.82) is 0 Å². The number of amides is 1. The van der Waals surface area contributed by atoms with Gasteiger partial charge in [-0.3, -0.25) is 9.69 Å². The summed E-state index contributed by atoms with van der Waals surface area (Å²) >= 11 is 7.69. The van der Waals surface area contributed by atoms with Gasteiger partial charge in [0.15, 0.2) is 16.6 Å². The van der Waals surface area contributed by atoms with E-state index in [1.54, 1.807) is 55.8 Å². The quantitative estimate of drug-likeness (QED) is 0.368. The molecule has 2 aromatic heterocycles. The summed E-state index contributed by atoms with van der Waals surface area (Å²) in [6.45, 7) is 0.173. The molecule has 0 atom stereocenters. The first-order chi connectivity index (χ1) is 15.1. The molecule has 9 heteroatoms. The fourth-order valence-corrected chi connectivity index (χ4v) is 4.46. The first kappa shape index (κ1) is 21.0. The van der Waals surface area contributed by atoms with Gasteiger partial charge in [-0.2, -0.15) is 0 Å². The zero-order chi connectivity index (χ0) is 22.0. The van der Waals surface area contributed by atoms with Crippen LogP contribution in [-0.2, 0) is 6.54 Å². The number of para-hydroxylation sites is 1. The highest BCUT2D eigenvalue weighted by molar-refractivity contribution is 7.23. The molecule has 2 aromatic carbocycles. The van der Waals surface area contributed by atoms with E-state index in [0.29, 0.717) is 44.2 Å². The SMILES string of the molecule is COc1cccc(C(=O)N(Cc2ccco2)c2nc3c(OC)ccc(Cl)c3s2)c1OC. The zero-order valence-electron chi connectivity index (χ0n) is 17.0. The van der Waals surface area contributed by atoms with Crippen LogP contribution in [0.3, 0.4) is 0 Å². The Kier molecular flexibility index (Phi) is 6.01. The molecule has 0 aliphatic carbocycles. The highest BCUT2D eigenvalue weighted by atomic mass is 35.5. The van der Waals surface area contributed by atoms with E-state index in [0.717, 1.165) is 4.70 Å². The summed E-state index contributed by atoms with van der Waals surface area (Å²) in [4.78, 5) is 19.9. The van der Waals surface area contributed by atoms with Crippen LogP contribution in [-0.4, -0.2) is 32.2 Å². The summed E-state index contributed by atoms with van der Waals surface area (Å²) < 4.78 is 22.5. The Morgan fingerprint density at radius 1 is 1.06 bits per heavy atom. The third-order valence-electron chi connectivity index (χ3n) is 4.67. The van der Waals surface area contributed by atoms with Crippen LogP contribution in [0.15, 0.2) is 53.1 Å². The van der Waals surface area contributed by atoms with Crippen molar-refractivity contribution in [3.63, 3.8) is 0 Å². The Bertz CT molecular complexity index is 1220. The van der Waals surface area contributed by atoms with Crippen molar-refractivity contribution in [1.82, 2.24) is 4.98 Å². The molecule has 2 heterocycles. The number of carbonyl (C=O) groups excluding carboxylic acids is 1. The normalized spacial score (nSPS) is 10.8. The number of hydrogen-bond acceptors (Lipinski definition) is 7. The third kappa shape index (κ3) is 3.92. The van der Waals surface area contributed by atoms with Crippen LogP contribution in [0.25, 0.3) is 10.2 Å². The second kappa shape index (κ2) is 8.87. The Hall–Kier alpha value is -3.23. The Labute approximate surface area is 187 Å². The largest absolute Gasteiger partial charge is 0.494 e. The smallest absolute Gasteiger partial charge is 0.264 e. The van der Waals surface area contributed by atoms with E-state index < -0.39 is 0 Å². The second-order valence-corrected chi connectivity index (χ2v) is 7.82. The average molecular weight is 459 g/mol. The van der Waals surface area contributed by atoms with Crippen molar-refractivity contribution in [3.8, 4) is 17.2 Å². The number of nitrogens with zero attached hydrogens (tertiary/aromatic N) is 2. The number of carbonyl (C=O) groups is 1. The van der Waals surface area contributed by atoms with Crippen LogP contribution in [0.1, 0.15) is 16.1 Å². The van der Waals surface area contributed by atoms with Gasteiger partial charge >= 0.3 is 0 Å². The maximum atomic E-state index is 13.7. The molecular formula is C22H19ClN2O5S. The van der Waals surface area contributed by atoms with Crippen LogP contribution in [0, 0.1) is 0 Å². The first-order valence-electron chi connectivity index (χ1n) is 9.25. The summed E-state index contributed by atoms with van der Waals surface area (Å²) in [7, 11) is 4.58. The van der Waals surface area contributed by atoms with Gasteiger partial charge < -0.3 is 18.6 Å². The van der Waals surface area contributed by atoms with E-state index in [1.807, 2.05) is 0 Å². The number of thiazole rings is 1. The number of benzene rings is 2. The molecule has 0 aliphatic heterocycles. The maximum absolute atomic E-state index is 13.7. The fraction of sp³-hybridized carbons (Fsp3) is 0.182. The lowest BCUT2D eigenvalue weighted by molar-refractivity contribution is 0.0979. The molecule has 4 aromatic rings. The van der Waals surface area contributed by atoms with Gasteiger partial charge in [-0.05, 0) is 36.4 Å². The minimum absolute atomic E-state index is 0.173. The number of methoxy groups -OCH3 is 3. The van der Waals surface area contributed by atoms with E-state index in [2.05, 4.69) is 4.98 Å². The Balaban J connectivity index is 1.85. The molecule has 0 saturated carbocycles. The molecule has 0 spiro atoms. The van der Waals surface area contributed by atoms with Crippen LogP contribution < -0.4 is 19.1 Å². The van der Waals surface area contributed by atoms with Crippen LogP contribution >= 0.6 is 22.9 Å². The molecule has 1 amide bonds. The number of anilines is 1. The summed E-state index contributed by atoms with van der Waals surface area (Å²) in [6.07, 6.45) is 1.56. The van der Waals surface area contributed by atoms with E-state index in [-0.39, 0.29) is 12.5 Å². The van der Waals surface area contributed by atoms with Gasteiger partial charge in [-0.25, -0.2) is 4.98 Å². The monoisotopic (exact) mass is 458 g/mol. The van der Waals surface area contributed by atoms with E-state index in [9.17, 15) is 4.79 Å². The predicted molar refractivity (Wildman–Crippen MR) is 120 cm³/mol. The summed E-state index contributed by atoms with van der Waals surface area (Å²) in [5.74, 6) is 1.66. The van der Waals surface area contributed by atoms with E-state index in [1.165, 1.54) is 30.5 Å². The predicted octanol–water partition coefficient (Wildman–Crippen LogP) is 5.42. The van der Waals surface area contributed by atoms with Crippen LogP contribution in [0.5, 0.6) is 17.2 Å². The lowest BCUT2D eigenvalue weighted by Gasteiger charge is -2.20. The molecule has 0 unspecified atom stereocenters. The van der Waals surface area contributed by atoms with Crippen molar-refractivity contribution in [3.05, 3.63) is 65.1 Å². The number of aromatic nitrogens is 1. The first-order valence-corrected chi connectivity index (χ1v) is 10.4. The topological polar surface area (TPSA) is 74.0 Å². The Morgan fingerprint density at radius 3 is 2.55 bits per heavy atom. The average Bonchev–Trinajstić information content (AvgIpc) is 3.47. The molecule has 0 fully saturated rings. The molecule has 160 valence electrons. The minimum atomic E-state index is -0.318. The van der Waals surface area contributed by atoms with Crippen molar-refractivity contribution < 1.29 is 23.4 Å². The van der Waals surface area contributed by atoms with E-state index in [4.69, 9.17) is 30.2 Å². The number of ether oxygens (including phenoxy) is 3. The maximum Gasteiger partial charge on any atom is 0.264 e. The molecule has 0 aliphatic rings. The number of halogens is 1. The number of fused-ring (bicyclic) bond motifs is 1.